The van der Waals surface area contributed by atoms with Crippen LogP contribution in [0.25, 0.3) is 0 Å². The molecule has 0 aliphatic rings. The Balaban J connectivity index is 2.69. The number of sulfonamides is 1. The summed E-state index contributed by atoms with van der Waals surface area (Å²) in [5, 5.41) is 7.12. The number of hydrogen-bond acceptors (Lipinski definition) is 6. The van der Waals surface area contributed by atoms with E-state index in [4.69, 9.17) is 14.6 Å². The van der Waals surface area contributed by atoms with Gasteiger partial charge in [-0.1, -0.05) is 30.3 Å². The standard InChI is InChI=1S/C15H22N2O6S/c1-15(2,3)23-13(18)12(10-24(16,20)21)17-14(19)22-9-11-7-5-4-6-8-11/h4-8,12H,9-10H2,1-3H3,(H,17,19)(H2,16,20,21)/t12-/m1/s1. The first kappa shape index (κ1) is 19.9. The van der Waals surface area contributed by atoms with Crippen LogP contribution in [0.1, 0.15) is 26.3 Å². The molecule has 0 saturated carbocycles. The number of esters is 1. The molecule has 9 heteroatoms. The van der Waals surface area contributed by atoms with Gasteiger partial charge in [-0.2, -0.15) is 0 Å². The molecule has 0 heterocycles. The number of nitrogens with two attached hydrogens (primary N) is 1. The average molecular weight is 358 g/mol. The van der Waals surface area contributed by atoms with Gasteiger partial charge in [-0.3, -0.25) is 0 Å². The molecular weight excluding hydrogens is 336 g/mol. The number of carbonyl (C=O) groups is 2. The summed E-state index contributed by atoms with van der Waals surface area (Å²) in [5.74, 6) is -1.70. The molecule has 0 aliphatic carbocycles. The van der Waals surface area contributed by atoms with E-state index in [-0.39, 0.29) is 6.61 Å². The van der Waals surface area contributed by atoms with Gasteiger partial charge in [0.05, 0.1) is 5.75 Å². The van der Waals surface area contributed by atoms with Gasteiger partial charge < -0.3 is 14.8 Å². The van der Waals surface area contributed by atoms with Crippen molar-refractivity contribution in [2.45, 2.75) is 39.0 Å². The van der Waals surface area contributed by atoms with Gasteiger partial charge >= 0.3 is 12.1 Å². The number of rotatable bonds is 6. The minimum atomic E-state index is -4.01. The first-order chi connectivity index (χ1) is 11.0. The second kappa shape index (κ2) is 8.11. The molecule has 3 N–H and O–H groups in total. The molecule has 1 amide bonds. The normalized spacial score (nSPS) is 13.0. The summed E-state index contributed by atoms with van der Waals surface area (Å²) in [7, 11) is -4.01. The predicted molar refractivity (Wildman–Crippen MR) is 87.4 cm³/mol. The van der Waals surface area contributed by atoms with E-state index in [0.29, 0.717) is 0 Å². The van der Waals surface area contributed by atoms with E-state index in [1.807, 2.05) is 6.07 Å². The molecule has 1 aromatic carbocycles. The first-order valence-electron chi connectivity index (χ1n) is 7.17. The Kier molecular flexibility index (Phi) is 6.73. The minimum Gasteiger partial charge on any atom is -0.458 e. The van der Waals surface area contributed by atoms with Crippen molar-refractivity contribution in [3.63, 3.8) is 0 Å². The number of benzene rings is 1. The molecule has 24 heavy (non-hydrogen) atoms. The van der Waals surface area contributed by atoms with E-state index in [0.717, 1.165) is 5.56 Å². The van der Waals surface area contributed by atoms with Crippen LogP contribution in [0.4, 0.5) is 4.79 Å². The summed E-state index contributed by atoms with van der Waals surface area (Å²) in [5.41, 5.74) is -0.100. The Morgan fingerprint density at radius 3 is 2.29 bits per heavy atom. The molecule has 134 valence electrons. The summed E-state index contributed by atoms with van der Waals surface area (Å²) in [6.07, 6.45) is -0.946. The quantitative estimate of drug-likeness (QED) is 0.728. The van der Waals surface area contributed by atoms with Crippen LogP contribution in [0, 0.1) is 0 Å². The van der Waals surface area contributed by atoms with Crippen molar-refractivity contribution in [2.75, 3.05) is 5.75 Å². The molecule has 1 rings (SSSR count). The summed E-state index contributed by atoms with van der Waals surface area (Å²) in [4.78, 5) is 23.8. The fourth-order valence-electron chi connectivity index (χ4n) is 1.68. The Labute approximate surface area is 141 Å². The van der Waals surface area contributed by atoms with Gasteiger partial charge in [0.2, 0.25) is 10.0 Å². The Bertz CT molecular complexity index is 667. The molecule has 0 fully saturated rings. The molecular formula is C15H22N2O6S. The third-order valence-electron chi connectivity index (χ3n) is 2.60. The van der Waals surface area contributed by atoms with Crippen molar-refractivity contribution in [1.29, 1.82) is 0 Å². The van der Waals surface area contributed by atoms with Crippen LogP contribution in [0.3, 0.4) is 0 Å². The number of nitrogens with one attached hydrogen (secondary N) is 1. The summed E-state index contributed by atoms with van der Waals surface area (Å²) in [6.45, 7) is 4.83. The SMILES string of the molecule is CC(C)(C)OC(=O)[C@@H](CS(N)(=O)=O)NC(=O)OCc1ccccc1. The van der Waals surface area contributed by atoms with Crippen LogP contribution in [-0.4, -0.2) is 37.9 Å². The van der Waals surface area contributed by atoms with Crippen molar-refractivity contribution >= 4 is 22.1 Å². The Morgan fingerprint density at radius 2 is 1.79 bits per heavy atom. The van der Waals surface area contributed by atoms with Crippen LogP contribution < -0.4 is 10.5 Å². The largest absolute Gasteiger partial charge is 0.458 e. The molecule has 0 radical (unpaired) electrons. The molecule has 8 nitrogen and oxygen atoms in total. The highest BCUT2D eigenvalue weighted by Crippen LogP contribution is 2.09. The lowest BCUT2D eigenvalue weighted by Crippen LogP contribution is -2.49. The fraction of sp³-hybridized carbons (Fsp3) is 0.467. The van der Waals surface area contributed by atoms with Crippen LogP contribution in [-0.2, 0) is 30.9 Å². The van der Waals surface area contributed by atoms with E-state index in [9.17, 15) is 18.0 Å². The van der Waals surface area contributed by atoms with Gasteiger partial charge in [0, 0.05) is 0 Å². The maximum Gasteiger partial charge on any atom is 0.408 e. The summed E-state index contributed by atoms with van der Waals surface area (Å²) in [6, 6.07) is 7.42. The van der Waals surface area contributed by atoms with E-state index in [1.54, 1.807) is 45.0 Å². The van der Waals surface area contributed by atoms with E-state index >= 15 is 0 Å². The topological polar surface area (TPSA) is 125 Å². The monoisotopic (exact) mass is 358 g/mol. The molecule has 0 aromatic heterocycles. The second-order valence-corrected chi connectivity index (χ2v) is 7.78. The number of carbonyl (C=O) groups excluding carboxylic acids is 2. The van der Waals surface area contributed by atoms with E-state index < -0.39 is 39.5 Å². The van der Waals surface area contributed by atoms with Gasteiger partial charge in [0.1, 0.15) is 18.2 Å². The average Bonchev–Trinajstić information content (AvgIpc) is 2.42. The molecule has 0 saturated heterocycles. The molecule has 0 bridgehead atoms. The van der Waals surface area contributed by atoms with Crippen molar-refractivity contribution in [1.82, 2.24) is 5.32 Å². The van der Waals surface area contributed by atoms with Crippen molar-refractivity contribution in [3.8, 4) is 0 Å². The lowest BCUT2D eigenvalue weighted by Gasteiger charge is -2.24. The van der Waals surface area contributed by atoms with Crippen LogP contribution in [0.5, 0.6) is 0 Å². The minimum absolute atomic E-state index is 0.0247. The van der Waals surface area contributed by atoms with Crippen molar-refractivity contribution in [3.05, 3.63) is 35.9 Å². The number of hydrogen-bond donors (Lipinski definition) is 2. The second-order valence-electron chi connectivity index (χ2n) is 6.12. The fourth-order valence-corrected chi connectivity index (χ4v) is 2.36. The smallest absolute Gasteiger partial charge is 0.408 e. The van der Waals surface area contributed by atoms with Crippen molar-refractivity contribution in [2.24, 2.45) is 5.14 Å². The van der Waals surface area contributed by atoms with Crippen LogP contribution in [0.2, 0.25) is 0 Å². The summed E-state index contributed by atoms with van der Waals surface area (Å²) < 4.78 is 32.5. The van der Waals surface area contributed by atoms with Crippen LogP contribution >= 0.6 is 0 Å². The predicted octanol–water partition coefficient (Wildman–Crippen LogP) is 0.912. The van der Waals surface area contributed by atoms with Gasteiger partial charge in [-0.05, 0) is 26.3 Å². The van der Waals surface area contributed by atoms with E-state index in [1.165, 1.54) is 0 Å². The van der Waals surface area contributed by atoms with Gasteiger partial charge in [-0.25, -0.2) is 23.1 Å². The number of alkyl carbamates (subject to hydrolysis) is 1. The van der Waals surface area contributed by atoms with Crippen LogP contribution in [0.15, 0.2) is 30.3 Å². The third-order valence-corrected chi connectivity index (χ3v) is 3.39. The molecule has 0 unspecified atom stereocenters. The zero-order chi connectivity index (χ0) is 18.4. The summed E-state index contributed by atoms with van der Waals surface area (Å²) >= 11 is 0. The van der Waals surface area contributed by atoms with Crippen molar-refractivity contribution < 1.29 is 27.5 Å². The number of amides is 1. The maximum atomic E-state index is 12.0. The maximum absolute atomic E-state index is 12.0. The highest BCUT2D eigenvalue weighted by molar-refractivity contribution is 7.89. The highest BCUT2D eigenvalue weighted by atomic mass is 32.2. The zero-order valence-electron chi connectivity index (χ0n) is 13.8. The number of ether oxygens (including phenoxy) is 2. The molecule has 1 atom stereocenters. The lowest BCUT2D eigenvalue weighted by molar-refractivity contribution is -0.156. The molecule has 0 aliphatic heterocycles. The van der Waals surface area contributed by atoms with Gasteiger partial charge in [0.25, 0.3) is 0 Å². The zero-order valence-corrected chi connectivity index (χ0v) is 14.6. The van der Waals surface area contributed by atoms with Gasteiger partial charge in [-0.15, -0.1) is 0 Å². The van der Waals surface area contributed by atoms with E-state index in [2.05, 4.69) is 5.32 Å². The lowest BCUT2D eigenvalue weighted by atomic mass is 10.2. The Morgan fingerprint density at radius 1 is 1.21 bits per heavy atom. The van der Waals surface area contributed by atoms with Gasteiger partial charge in [0.15, 0.2) is 0 Å². The Hall–Kier alpha value is -2.13. The number of primary sulfonamides is 1. The molecule has 1 aromatic rings. The third kappa shape index (κ3) is 8.49. The first-order valence-corrected chi connectivity index (χ1v) is 8.88. The molecule has 0 spiro atoms. The highest BCUT2D eigenvalue weighted by Gasteiger charge is 2.30.